The number of amidine groups is 1. The van der Waals surface area contributed by atoms with E-state index >= 15 is 0 Å². The molecule has 0 radical (unpaired) electrons. The van der Waals surface area contributed by atoms with Crippen molar-refractivity contribution in [1.82, 2.24) is 0 Å². The molecule has 1 rings (SSSR count). The molecule has 0 aliphatic heterocycles. The van der Waals surface area contributed by atoms with Gasteiger partial charge in [-0.1, -0.05) is 0 Å². The van der Waals surface area contributed by atoms with Crippen molar-refractivity contribution in [3.8, 4) is 5.75 Å². The highest BCUT2D eigenvalue weighted by atomic mass is 79.9. The van der Waals surface area contributed by atoms with Gasteiger partial charge < -0.3 is 15.2 Å². The minimum Gasteiger partial charge on any atom is -0.485 e. The molecule has 0 fully saturated rings. The highest BCUT2D eigenvalue weighted by Gasteiger charge is 2.15. The van der Waals surface area contributed by atoms with Crippen molar-refractivity contribution in [1.29, 1.82) is 5.41 Å². The van der Waals surface area contributed by atoms with Crippen LogP contribution in [0.1, 0.15) is 19.4 Å². The predicted octanol–water partition coefficient (Wildman–Crippen LogP) is 2.68. The number of hydrogen-bond acceptors (Lipinski definition) is 3. The van der Waals surface area contributed by atoms with E-state index in [9.17, 15) is 4.39 Å². The van der Waals surface area contributed by atoms with Crippen molar-refractivity contribution < 1.29 is 13.9 Å². The maximum Gasteiger partial charge on any atom is 0.179 e. The molecular formula is C12H16BrFN2O2. The van der Waals surface area contributed by atoms with Crippen LogP contribution in [0.4, 0.5) is 4.39 Å². The Hall–Kier alpha value is -1.14. The average molecular weight is 319 g/mol. The third-order valence-electron chi connectivity index (χ3n) is 2.22. The second kappa shape index (κ2) is 6.70. The Bertz CT molecular complexity index is 440. The number of ether oxygens (including phenoxy) is 2. The van der Waals surface area contributed by atoms with E-state index in [1.54, 1.807) is 6.92 Å². The van der Waals surface area contributed by atoms with Gasteiger partial charge in [-0.3, -0.25) is 5.41 Å². The minimum atomic E-state index is -0.564. The molecule has 6 heteroatoms. The molecule has 0 aliphatic carbocycles. The van der Waals surface area contributed by atoms with Crippen molar-refractivity contribution in [2.45, 2.75) is 20.0 Å². The van der Waals surface area contributed by atoms with Gasteiger partial charge in [0.05, 0.1) is 11.1 Å². The summed E-state index contributed by atoms with van der Waals surface area (Å²) >= 11 is 3.07. The minimum absolute atomic E-state index is 0.110. The van der Waals surface area contributed by atoms with Crippen molar-refractivity contribution in [2.75, 3.05) is 13.2 Å². The van der Waals surface area contributed by atoms with E-state index in [0.29, 0.717) is 18.8 Å². The van der Waals surface area contributed by atoms with E-state index in [-0.39, 0.29) is 22.2 Å². The maximum atomic E-state index is 13.9. The van der Waals surface area contributed by atoms with Crippen LogP contribution < -0.4 is 10.5 Å². The summed E-state index contributed by atoms with van der Waals surface area (Å²) in [5.41, 5.74) is 5.63. The molecular weight excluding hydrogens is 303 g/mol. The number of rotatable bonds is 6. The summed E-state index contributed by atoms with van der Waals surface area (Å²) in [7, 11) is 0. The third-order valence-corrected chi connectivity index (χ3v) is 3.00. The Labute approximate surface area is 114 Å². The van der Waals surface area contributed by atoms with E-state index in [4.69, 9.17) is 20.6 Å². The van der Waals surface area contributed by atoms with Crippen LogP contribution in [0.3, 0.4) is 0 Å². The summed E-state index contributed by atoms with van der Waals surface area (Å²) in [4.78, 5) is 0. The number of hydrogen-bond donors (Lipinski definition) is 2. The molecule has 0 saturated heterocycles. The van der Waals surface area contributed by atoms with Crippen LogP contribution in [0.5, 0.6) is 5.75 Å². The van der Waals surface area contributed by atoms with Gasteiger partial charge in [-0.2, -0.15) is 0 Å². The van der Waals surface area contributed by atoms with Gasteiger partial charge in [0.15, 0.2) is 11.6 Å². The molecule has 1 aromatic carbocycles. The van der Waals surface area contributed by atoms with Gasteiger partial charge in [0.2, 0.25) is 0 Å². The quantitative estimate of drug-likeness (QED) is 0.626. The molecule has 0 spiro atoms. The maximum absolute atomic E-state index is 13.9. The van der Waals surface area contributed by atoms with Crippen molar-refractivity contribution in [3.63, 3.8) is 0 Å². The van der Waals surface area contributed by atoms with E-state index in [1.165, 1.54) is 12.1 Å². The molecule has 100 valence electrons. The Morgan fingerprint density at radius 2 is 2.22 bits per heavy atom. The van der Waals surface area contributed by atoms with Crippen molar-refractivity contribution >= 4 is 21.8 Å². The lowest BCUT2D eigenvalue weighted by atomic mass is 10.2. The van der Waals surface area contributed by atoms with Crippen molar-refractivity contribution in [3.05, 3.63) is 28.0 Å². The molecule has 18 heavy (non-hydrogen) atoms. The van der Waals surface area contributed by atoms with Crippen LogP contribution in [-0.4, -0.2) is 25.2 Å². The number of nitrogen functional groups attached to an aromatic ring is 1. The van der Waals surface area contributed by atoms with Gasteiger partial charge in [-0.05, 0) is 41.9 Å². The molecule has 0 amide bonds. The summed E-state index contributed by atoms with van der Waals surface area (Å²) < 4.78 is 24.7. The van der Waals surface area contributed by atoms with Gasteiger partial charge in [0.1, 0.15) is 11.9 Å². The lowest BCUT2D eigenvalue weighted by Crippen LogP contribution is -2.20. The van der Waals surface area contributed by atoms with E-state index < -0.39 is 5.82 Å². The molecule has 4 nitrogen and oxygen atoms in total. The number of halogens is 2. The molecule has 0 aliphatic rings. The van der Waals surface area contributed by atoms with Crippen LogP contribution in [-0.2, 0) is 4.74 Å². The smallest absolute Gasteiger partial charge is 0.179 e. The van der Waals surface area contributed by atoms with E-state index in [0.717, 1.165) is 0 Å². The summed E-state index contributed by atoms with van der Waals surface area (Å²) in [5.74, 6) is -0.653. The van der Waals surface area contributed by atoms with E-state index in [1.807, 2.05) is 6.92 Å². The van der Waals surface area contributed by atoms with Crippen molar-refractivity contribution in [2.24, 2.45) is 5.73 Å². The Balaban J connectivity index is 2.85. The molecule has 3 N–H and O–H groups in total. The molecule has 1 unspecified atom stereocenters. The second-order valence-corrected chi connectivity index (χ2v) is 4.53. The fourth-order valence-electron chi connectivity index (χ4n) is 1.37. The van der Waals surface area contributed by atoms with Gasteiger partial charge in [0.25, 0.3) is 0 Å². The highest BCUT2D eigenvalue weighted by molar-refractivity contribution is 9.10. The normalized spacial score (nSPS) is 12.2. The Morgan fingerprint density at radius 3 is 2.78 bits per heavy atom. The topological polar surface area (TPSA) is 68.3 Å². The van der Waals surface area contributed by atoms with Gasteiger partial charge in [-0.15, -0.1) is 0 Å². The number of nitrogens with two attached hydrogens (primary N) is 1. The SMILES string of the molecule is CCOCC(C)Oc1ccc(C(=N)N)c(Br)c1F. The fraction of sp³-hybridized carbons (Fsp3) is 0.417. The van der Waals surface area contributed by atoms with Crippen LogP contribution in [0.25, 0.3) is 0 Å². The molecule has 0 aromatic heterocycles. The summed E-state index contributed by atoms with van der Waals surface area (Å²) in [6.07, 6.45) is -0.255. The standard InChI is InChI=1S/C12H16BrFN2O2/c1-3-17-6-7(2)18-9-5-4-8(12(15)16)10(13)11(9)14/h4-5,7H,3,6H2,1-2H3,(H3,15,16). The second-order valence-electron chi connectivity index (χ2n) is 3.74. The average Bonchev–Trinajstić information content (AvgIpc) is 2.32. The van der Waals surface area contributed by atoms with Gasteiger partial charge in [0, 0.05) is 12.2 Å². The summed E-state index contributed by atoms with van der Waals surface area (Å²) in [6.45, 7) is 4.65. The zero-order valence-corrected chi connectivity index (χ0v) is 11.9. The first-order valence-corrected chi connectivity index (χ1v) is 6.33. The molecule has 0 bridgehead atoms. The first kappa shape index (κ1) is 14.9. The number of benzene rings is 1. The zero-order valence-electron chi connectivity index (χ0n) is 10.3. The zero-order chi connectivity index (χ0) is 13.7. The first-order valence-electron chi connectivity index (χ1n) is 5.54. The lowest BCUT2D eigenvalue weighted by Gasteiger charge is -2.16. The van der Waals surface area contributed by atoms with E-state index in [2.05, 4.69) is 15.9 Å². The first-order chi connectivity index (χ1) is 8.47. The van der Waals surface area contributed by atoms with Crippen LogP contribution >= 0.6 is 15.9 Å². The molecule has 0 saturated carbocycles. The molecule has 0 heterocycles. The molecule has 1 atom stereocenters. The predicted molar refractivity (Wildman–Crippen MR) is 71.7 cm³/mol. The lowest BCUT2D eigenvalue weighted by molar-refractivity contribution is 0.0636. The largest absolute Gasteiger partial charge is 0.485 e. The Morgan fingerprint density at radius 1 is 1.56 bits per heavy atom. The van der Waals surface area contributed by atoms with Gasteiger partial charge >= 0.3 is 0 Å². The number of nitrogens with one attached hydrogen (secondary N) is 1. The monoisotopic (exact) mass is 318 g/mol. The van der Waals surface area contributed by atoms with Crippen LogP contribution in [0.15, 0.2) is 16.6 Å². The fourth-order valence-corrected chi connectivity index (χ4v) is 1.91. The molecule has 1 aromatic rings. The highest BCUT2D eigenvalue weighted by Crippen LogP contribution is 2.29. The summed E-state index contributed by atoms with van der Waals surface area (Å²) in [5, 5.41) is 7.30. The third kappa shape index (κ3) is 3.68. The van der Waals surface area contributed by atoms with Crippen LogP contribution in [0.2, 0.25) is 0 Å². The summed E-state index contributed by atoms with van der Waals surface area (Å²) in [6, 6.07) is 3.00. The van der Waals surface area contributed by atoms with Crippen LogP contribution in [0, 0.1) is 11.2 Å². The Kier molecular flexibility index (Phi) is 5.55. The van der Waals surface area contributed by atoms with Gasteiger partial charge in [-0.25, -0.2) is 4.39 Å².